The summed E-state index contributed by atoms with van der Waals surface area (Å²) in [6, 6.07) is 29.5. The fourth-order valence-electron chi connectivity index (χ4n) is 4.71. The van der Waals surface area contributed by atoms with Gasteiger partial charge < -0.3 is 14.1 Å². The summed E-state index contributed by atoms with van der Waals surface area (Å²) in [4.78, 5) is 17.4. The van der Waals surface area contributed by atoms with Gasteiger partial charge >= 0.3 is 0 Å². The minimum Gasteiger partial charge on any atom is -0.495 e. The quantitative estimate of drug-likeness (QED) is 0.379. The van der Waals surface area contributed by atoms with Crippen LogP contribution in [0.15, 0.2) is 89.3 Å². The van der Waals surface area contributed by atoms with Crippen LogP contribution in [-0.2, 0) is 4.79 Å². The predicted octanol–water partition coefficient (Wildman–Crippen LogP) is 5.25. The first-order valence-electron chi connectivity index (χ1n) is 12.3. The van der Waals surface area contributed by atoms with E-state index >= 15 is 0 Å². The zero-order valence-electron chi connectivity index (χ0n) is 20.7. The number of carbonyl (C=O) groups is 1. The van der Waals surface area contributed by atoms with Crippen molar-refractivity contribution in [2.45, 2.75) is 0 Å². The molecule has 186 valence electrons. The summed E-state index contributed by atoms with van der Waals surface area (Å²) in [5.41, 5.74) is 3.75. The van der Waals surface area contributed by atoms with Crippen LogP contribution in [0.2, 0.25) is 0 Å². The Morgan fingerprint density at radius 1 is 0.919 bits per heavy atom. The van der Waals surface area contributed by atoms with Gasteiger partial charge in [0, 0.05) is 37.3 Å². The molecule has 1 amide bonds. The minimum atomic E-state index is -0.213. The van der Waals surface area contributed by atoms with Gasteiger partial charge in [-0.25, -0.2) is 0 Å². The van der Waals surface area contributed by atoms with Crippen LogP contribution in [-0.4, -0.2) is 50.6 Å². The molecule has 1 aliphatic heterocycles. The fraction of sp³-hybridized carbons (Fsp3) is 0.200. The maximum Gasteiger partial charge on any atom is 0.240 e. The van der Waals surface area contributed by atoms with E-state index in [0.717, 1.165) is 48.7 Å². The van der Waals surface area contributed by atoms with Crippen molar-refractivity contribution in [1.82, 2.24) is 4.90 Å². The molecule has 37 heavy (non-hydrogen) atoms. The zero-order valence-corrected chi connectivity index (χ0v) is 20.7. The molecule has 0 spiro atoms. The van der Waals surface area contributed by atoms with E-state index in [1.807, 2.05) is 78.9 Å². The molecule has 0 saturated carbocycles. The predicted molar refractivity (Wildman–Crippen MR) is 145 cm³/mol. The smallest absolute Gasteiger partial charge is 0.240 e. The van der Waals surface area contributed by atoms with Crippen molar-refractivity contribution in [1.29, 1.82) is 5.26 Å². The molecule has 4 aromatic rings. The number of hydrogen-bond donors (Lipinski definition) is 1. The number of piperazine rings is 1. The van der Waals surface area contributed by atoms with Gasteiger partial charge in [0.1, 0.15) is 23.1 Å². The first-order valence-corrected chi connectivity index (χ1v) is 12.3. The van der Waals surface area contributed by atoms with Crippen molar-refractivity contribution in [3.8, 4) is 34.3 Å². The molecule has 1 N–H and O–H groups in total. The molecular formula is C30H28N4O3. The maximum absolute atomic E-state index is 13.0. The van der Waals surface area contributed by atoms with E-state index in [0.29, 0.717) is 16.9 Å². The Morgan fingerprint density at radius 3 is 2.19 bits per heavy atom. The number of methoxy groups -OCH3 is 1. The van der Waals surface area contributed by atoms with Crippen molar-refractivity contribution >= 4 is 17.5 Å². The number of hydrogen-bond acceptors (Lipinski definition) is 6. The average Bonchev–Trinajstić information content (AvgIpc) is 3.32. The Kier molecular flexibility index (Phi) is 7.20. The molecule has 0 aliphatic carbocycles. The third kappa shape index (κ3) is 5.20. The number of benzene rings is 3. The van der Waals surface area contributed by atoms with Crippen LogP contribution in [0.1, 0.15) is 5.56 Å². The van der Waals surface area contributed by atoms with Gasteiger partial charge in [0.25, 0.3) is 0 Å². The van der Waals surface area contributed by atoms with Crippen LogP contribution in [0.3, 0.4) is 0 Å². The Bertz CT molecular complexity index is 1400. The van der Waals surface area contributed by atoms with E-state index < -0.39 is 0 Å². The Labute approximate surface area is 216 Å². The number of rotatable bonds is 7. The topological polar surface area (TPSA) is 81.7 Å². The van der Waals surface area contributed by atoms with Gasteiger partial charge in [-0.15, -0.1) is 0 Å². The number of nitriles is 1. The zero-order chi connectivity index (χ0) is 25.6. The number of para-hydroxylation sites is 2. The van der Waals surface area contributed by atoms with Crippen molar-refractivity contribution in [2.75, 3.05) is 50.1 Å². The van der Waals surface area contributed by atoms with E-state index in [4.69, 9.17) is 9.15 Å². The second-order valence-electron chi connectivity index (χ2n) is 8.84. The van der Waals surface area contributed by atoms with Gasteiger partial charge in [-0.1, -0.05) is 72.8 Å². The van der Waals surface area contributed by atoms with E-state index in [1.54, 1.807) is 7.11 Å². The van der Waals surface area contributed by atoms with Crippen molar-refractivity contribution in [3.05, 3.63) is 90.5 Å². The highest BCUT2D eigenvalue weighted by Crippen LogP contribution is 2.41. The summed E-state index contributed by atoms with van der Waals surface area (Å²) >= 11 is 0. The first kappa shape index (κ1) is 24.2. The average molecular weight is 493 g/mol. The second-order valence-corrected chi connectivity index (χ2v) is 8.84. The third-order valence-electron chi connectivity index (χ3n) is 6.54. The minimum absolute atomic E-state index is 0.179. The SMILES string of the molecule is COc1ccccc1N1CCN(CC(=O)Nc2oc(-c3ccccc3)c(-c3ccccc3)c2C#N)CC1. The summed E-state index contributed by atoms with van der Waals surface area (Å²) in [6.07, 6.45) is 0. The van der Waals surface area contributed by atoms with Gasteiger partial charge in [-0.3, -0.25) is 15.0 Å². The lowest BCUT2D eigenvalue weighted by molar-refractivity contribution is -0.117. The Hall–Kier alpha value is -4.54. The summed E-state index contributed by atoms with van der Waals surface area (Å²) in [5, 5.41) is 12.9. The lowest BCUT2D eigenvalue weighted by atomic mass is 9.98. The first-order chi connectivity index (χ1) is 18.2. The largest absolute Gasteiger partial charge is 0.495 e. The molecule has 0 radical (unpaired) electrons. The van der Waals surface area contributed by atoms with Crippen molar-refractivity contribution in [2.24, 2.45) is 0 Å². The van der Waals surface area contributed by atoms with E-state index in [-0.39, 0.29) is 18.3 Å². The summed E-state index contributed by atoms with van der Waals surface area (Å²) < 4.78 is 11.6. The molecule has 1 aliphatic rings. The summed E-state index contributed by atoms with van der Waals surface area (Å²) in [5.74, 6) is 1.37. The van der Waals surface area contributed by atoms with Gasteiger partial charge in [-0.05, 0) is 17.7 Å². The molecule has 7 nitrogen and oxygen atoms in total. The highest BCUT2D eigenvalue weighted by atomic mass is 16.5. The van der Waals surface area contributed by atoms with Crippen LogP contribution in [0.25, 0.3) is 22.5 Å². The van der Waals surface area contributed by atoms with Gasteiger partial charge in [0.2, 0.25) is 11.8 Å². The Balaban J connectivity index is 1.32. The summed E-state index contributed by atoms with van der Waals surface area (Å²) in [6.45, 7) is 3.26. The lowest BCUT2D eigenvalue weighted by Gasteiger charge is -2.36. The number of ether oxygens (including phenoxy) is 1. The maximum atomic E-state index is 13.0. The highest BCUT2D eigenvalue weighted by molar-refractivity contribution is 5.96. The van der Waals surface area contributed by atoms with Gasteiger partial charge in [0.15, 0.2) is 0 Å². The number of carbonyl (C=O) groups excluding carboxylic acids is 1. The van der Waals surface area contributed by atoms with Crippen LogP contribution >= 0.6 is 0 Å². The van der Waals surface area contributed by atoms with E-state index in [9.17, 15) is 10.1 Å². The lowest BCUT2D eigenvalue weighted by Crippen LogP contribution is -2.48. The van der Waals surface area contributed by atoms with Gasteiger partial charge in [-0.2, -0.15) is 5.26 Å². The Morgan fingerprint density at radius 2 is 1.54 bits per heavy atom. The molecular weight excluding hydrogens is 464 g/mol. The molecule has 0 unspecified atom stereocenters. The number of nitrogens with one attached hydrogen (secondary N) is 1. The number of anilines is 2. The van der Waals surface area contributed by atoms with Crippen LogP contribution in [0, 0.1) is 11.3 Å². The molecule has 1 fully saturated rings. The van der Waals surface area contributed by atoms with Gasteiger partial charge in [0.05, 0.1) is 19.3 Å². The molecule has 5 rings (SSSR count). The molecule has 0 bridgehead atoms. The normalized spacial score (nSPS) is 13.7. The number of nitrogens with zero attached hydrogens (tertiary/aromatic N) is 3. The van der Waals surface area contributed by atoms with E-state index in [1.165, 1.54) is 0 Å². The molecule has 7 heteroatoms. The third-order valence-corrected chi connectivity index (χ3v) is 6.54. The van der Waals surface area contributed by atoms with Crippen LogP contribution < -0.4 is 15.0 Å². The second kappa shape index (κ2) is 11.0. The summed E-state index contributed by atoms with van der Waals surface area (Å²) in [7, 11) is 1.68. The van der Waals surface area contributed by atoms with E-state index in [2.05, 4.69) is 27.3 Å². The fourth-order valence-corrected chi connectivity index (χ4v) is 4.71. The molecule has 1 saturated heterocycles. The molecule has 0 atom stereocenters. The van der Waals surface area contributed by atoms with Crippen LogP contribution in [0.5, 0.6) is 5.75 Å². The molecule has 3 aromatic carbocycles. The standard InChI is InChI=1S/C30H28N4O3/c1-36-26-15-9-8-14-25(26)34-18-16-33(17-19-34)21-27(35)32-30-24(20-31)28(22-10-4-2-5-11-22)29(37-30)23-12-6-3-7-13-23/h2-15H,16-19,21H2,1H3,(H,32,35). The number of furan rings is 1. The van der Waals surface area contributed by atoms with Crippen LogP contribution in [0.4, 0.5) is 11.6 Å². The monoisotopic (exact) mass is 492 g/mol. The van der Waals surface area contributed by atoms with Crippen molar-refractivity contribution in [3.63, 3.8) is 0 Å². The molecule has 1 aromatic heterocycles. The highest BCUT2D eigenvalue weighted by Gasteiger charge is 2.26. The van der Waals surface area contributed by atoms with Crippen molar-refractivity contribution < 1.29 is 13.9 Å². The number of amides is 1. The molecule has 2 heterocycles.